The van der Waals surface area contributed by atoms with Crippen LogP contribution in [0.15, 0.2) is 18.5 Å². The first kappa shape index (κ1) is 8.04. The molecule has 4 heteroatoms. The highest BCUT2D eigenvalue weighted by Crippen LogP contribution is 2.23. The van der Waals surface area contributed by atoms with Gasteiger partial charge >= 0.3 is 5.97 Å². The maximum atomic E-state index is 10.8. The molecule has 0 saturated carbocycles. The highest BCUT2D eigenvalue weighted by atomic mass is 16.4. The second-order valence-electron chi connectivity index (χ2n) is 3.04. The Kier molecular flexibility index (Phi) is 1.88. The molecule has 1 fully saturated rings. The molecule has 0 aromatic carbocycles. The van der Waals surface area contributed by atoms with Crippen LogP contribution in [-0.2, 0) is 0 Å². The highest BCUT2D eigenvalue weighted by Gasteiger charge is 2.20. The summed E-state index contributed by atoms with van der Waals surface area (Å²) in [5.41, 5.74) is 1.08. The Bertz CT molecular complexity index is 334. The van der Waals surface area contributed by atoms with Gasteiger partial charge in [-0.05, 0) is 12.5 Å². The molecule has 1 aliphatic rings. The summed E-state index contributed by atoms with van der Waals surface area (Å²) in [5, 5.41) is 8.87. The molecule has 0 atom stereocenters. The van der Waals surface area contributed by atoms with E-state index in [-0.39, 0.29) is 0 Å². The predicted molar refractivity (Wildman–Crippen MR) is 48.0 cm³/mol. The van der Waals surface area contributed by atoms with E-state index in [1.807, 2.05) is 4.90 Å². The average Bonchev–Trinajstić information content (AvgIpc) is 2.02. The van der Waals surface area contributed by atoms with Gasteiger partial charge in [-0.1, -0.05) is 0 Å². The SMILES string of the molecule is O=C(O)c1cnccc1N1CCC1. The number of hydrogen-bond donors (Lipinski definition) is 1. The van der Waals surface area contributed by atoms with E-state index in [1.165, 1.54) is 6.20 Å². The lowest BCUT2D eigenvalue weighted by molar-refractivity contribution is 0.0697. The minimum Gasteiger partial charge on any atom is -0.478 e. The monoisotopic (exact) mass is 178 g/mol. The lowest BCUT2D eigenvalue weighted by Crippen LogP contribution is -2.38. The van der Waals surface area contributed by atoms with Crippen molar-refractivity contribution in [1.82, 2.24) is 4.98 Å². The van der Waals surface area contributed by atoms with Gasteiger partial charge in [-0.2, -0.15) is 0 Å². The molecule has 1 aromatic heterocycles. The van der Waals surface area contributed by atoms with Crippen LogP contribution in [0, 0.1) is 0 Å². The van der Waals surface area contributed by atoms with Gasteiger partial charge in [0.25, 0.3) is 0 Å². The van der Waals surface area contributed by atoms with Crippen LogP contribution >= 0.6 is 0 Å². The molecule has 68 valence electrons. The first-order chi connectivity index (χ1) is 6.29. The van der Waals surface area contributed by atoms with Crippen LogP contribution in [0.2, 0.25) is 0 Å². The summed E-state index contributed by atoms with van der Waals surface area (Å²) in [6.45, 7) is 1.90. The Morgan fingerprint density at radius 3 is 2.85 bits per heavy atom. The number of aromatic carboxylic acids is 1. The zero-order valence-electron chi connectivity index (χ0n) is 7.10. The fourth-order valence-electron chi connectivity index (χ4n) is 1.38. The van der Waals surface area contributed by atoms with Gasteiger partial charge in [0.05, 0.1) is 5.69 Å². The summed E-state index contributed by atoms with van der Waals surface area (Å²) in [6.07, 6.45) is 4.16. The van der Waals surface area contributed by atoms with Gasteiger partial charge in [-0.15, -0.1) is 0 Å². The van der Waals surface area contributed by atoms with Crippen LogP contribution in [-0.4, -0.2) is 29.1 Å². The van der Waals surface area contributed by atoms with Gasteiger partial charge < -0.3 is 10.0 Å². The molecular weight excluding hydrogens is 168 g/mol. The summed E-state index contributed by atoms with van der Waals surface area (Å²) >= 11 is 0. The minimum absolute atomic E-state index is 0.294. The molecule has 0 radical (unpaired) electrons. The van der Waals surface area contributed by atoms with E-state index in [4.69, 9.17) is 5.11 Å². The molecule has 0 spiro atoms. The molecule has 1 aromatic rings. The Labute approximate surface area is 75.8 Å². The van der Waals surface area contributed by atoms with Gasteiger partial charge in [0, 0.05) is 25.5 Å². The molecule has 1 N–H and O–H groups in total. The molecule has 0 amide bonds. The summed E-state index contributed by atoms with van der Waals surface area (Å²) in [4.78, 5) is 16.6. The molecule has 0 aliphatic carbocycles. The quantitative estimate of drug-likeness (QED) is 0.733. The van der Waals surface area contributed by atoms with Crippen molar-refractivity contribution < 1.29 is 9.90 Å². The smallest absolute Gasteiger partial charge is 0.339 e. The zero-order valence-corrected chi connectivity index (χ0v) is 7.10. The van der Waals surface area contributed by atoms with Crippen molar-refractivity contribution in [1.29, 1.82) is 0 Å². The number of pyridine rings is 1. The Morgan fingerprint density at radius 2 is 2.31 bits per heavy atom. The van der Waals surface area contributed by atoms with E-state index >= 15 is 0 Å². The van der Waals surface area contributed by atoms with E-state index in [9.17, 15) is 4.79 Å². The van der Waals surface area contributed by atoms with Crippen LogP contribution < -0.4 is 4.90 Å². The molecule has 13 heavy (non-hydrogen) atoms. The van der Waals surface area contributed by atoms with Crippen molar-refractivity contribution in [3.05, 3.63) is 24.0 Å². The second kappa shape index (κ2) is 3.05. The molecule has 2 heterocycles. The van der Waals surface area contributed by atoms with Gasteiger partial charge in [-0.25, -0.2) is 4.79 Å². The fourth-order valence-corrected chi connectivity index (χ4v) is 1.38. The van der Waals surface area contributed by atoms with Crippen LogP contribution in [0.5, 0.6) is 0 Å². The average molecular weight is 178 g/mol. The number of rotatable bonds is 2. The zero-order chi connectivity index (χ0) is 9.26. The lowest BCUT2D eigenvalue weighted by atomic mass is 10.1. The third kappa shape index (κ3) is 1.35. The van der Waals surface area contributed by atoms with Crippen LogP contribution in [0.25, 0.3) is 0 Å². The Morgan fingerprint density at radius 1 is 1.54 bits per heavy atom. The van der Waals surface area contributed by atoms with E-state index in [1.54, 1.807) is 12.3 Å². The third-order valence-corrected chi connectivity index (χ3v) is 2.23. The van der Waals surface area contributed by atoms with Crippen molar-refractivity contribution in [2.75, 3.05) is 18.0 Å². The first-order valence-corrected chi connectivity index (χ1v) is 4.21. The summed E-state index contributed by atoms with van der Waals surface area (Å²) < 4.78 is 0. The van der Waals surface area contributed by atoms with E-state index < -0.39 is 5.97 Å². The molecule has 1 saturated heterocycles. The third-order valence-electron chi connectivity index (χ3n) is 2.23. The maximum absolute atomic E-state index is 10.8. The van der Waals surface area contributed by atoms with Gasteiger partial charge in [0.15, 0.2) is 0 Å². The first-order valence-electron chi connectivity index (χ1n) is 4.21. The van der Waals surface area contributed by atoms with Crippen LogP contribution in [0.1, 0.15) is 16.8 Å². The van der Waals surface area contributed by atoms with Gasteiger partial charge in [0.1, 0.15) is 5.56 Å². The normalized spacial score (nSPS) is 15.2. The summed E-state index contributed by atoms with van der Waals surface area (Å²) in [7, 11) is 0. The van der Waals surface area contributed by atoms with E-state index in [2.05, 4.69) is 4.98 Å². The number of carbonyl (C=O) groups is 1. The molecular formula is C9H10N2O2. The van der Waals surface area contributed by atoms with E-state index in [0.29, 0.717) is 5.56 Å². The van der Waals surface area contributed by atoms with Crippen LogP contribution in [0.3, 0.4) is 0 Å². The summed E-state index contributed by atoms with van der Waals surface area (Å²) in [6, 6.07) is 1.75. The maximum Gasteiger partial charge on any atom is 0.339 e. The fraction of sp³-hybridized carbons (Fsp3) is 0.333. The number of aromatic nitrogens is 1. The van der Waals surface area contributed by atoms with Crippen molar-refractivity contribution in [3.8, 4) is 0 Å². The molecule has 2 rings (SSSR count). The number of carboxylic acid groups (broad SMARTS) is 1. The molecule has 0 unspecified atom stereocenters. The standard InChI is InChI=1S/C9H10N2O2/c12-9(13)7-6-10-3-2-8(7)11-4-1-5-11/h2-3,6H,1,4-5H2,(H,12,13). The molecule has 0 bridgehead atoms. The van der Waals surface area contributed by atoms with Crippen molar-refractivity contribution in [2.24, 2.45) is 0 Å². The highest BCUT2D eigenvalue weighted by molar-refractivity contribution is 5.94. The lowest BCUT2D eigenvalue weighted by Gasteiger charge is -2.33. The van der Waals surface area contributed by atoms with Gasteiger partial charge in [-0.3, -0.25) is 4.98 Å². The largest absolute Gasteiger partial charge is 0.478 e. The van der Waals surface area contributed by atoms with Crippen molar-refractivity contribution >= 4 is 11.7 Å². The van der Waals surface area contributed by atoms with Crippen LogP contribution in [0.4, 0.5) is 5.69 Å². The van der Waals surface area contributed by atoms with Crippen molar-refractivity contribution in [3.63, 3.8) is 0 Å². The number of carboxylic acids is 1. The second-order valence-corrected chi connectivity index (χ2v) is 3.04. The number of hydrogen-bond acceptors (Lipinski definition) is 3. The topological polar surface area (TPSA) is 53.4 Å². The summed E-state index contributed by atoms with van der Waals surface area (Å²) in [5.74, 6) is -0.907. The Balaban J connectivity index is 2.36. The molecule has 1 aliphatic heterocycles. The Hall–Kier alpha value is -1.58. The minimum atomic E-state index is -0.907. The van der Waals surface area contributed by atoms with Crippen molar-refractivity contribution in [2.45, 2.75) is 6.42 Å². The number of anilines is 1. The van der Waals surface area contributed by atoms with Gasteiger partial charge in [0.2, 0.25) is 0 Å². The number of nitrogens with zero attached hydrogens (tertiary/aromatic N) is 2. The predicted octanol–water partition coefficient (Wildman–Crippen LogP) is 0.990. The molecule has 4 nitrogen and oxygen atoms in total. The van der Waals surface area contributed by atoms with E-state index in [0.717, 1.165) is 25.2 Å².